The number of rotatable bonds is 8. The summed E-state index contributed by atoms with van der Waals surface area (Å²) in [6.07, 6.45) is 2.94. The maximum absolute atomic E-state index is 14.2. The van der Waals surface area contributed by atoms with Crippen molar-refractivity contribution in [3.63, 3.8) is 0 Å². The van der Waals surface area contributed by atoms with Crippen LogP contribution < -0.4 is 4.72 Å². The third-order valence-electron chi connectivity index (χ3n) is 8.47. The van der Waals surface area contributed by atoms with Gasteiger partial charge in [-0.25, -0.2) is 8.42 Å². The van der Waals surface area contributed by atoms with Crippen LogP contribution in [0.25, 0.3) is 5.57 Å². The molecule has 4 atom stereocenters. The first kappa shape index (κ1) is 28.5. The Balaban J connectivity index is 1.70. The van der Waals surface area contributed by atoms with Crippen LogP contribution in [-0.4, -0.2) is 14.7 Å². The Labute approximate surface area is 253 Å². The van der Waals surface area contributed by atoms with E-state index in [1.807, 2.05) is 110 Å². The summed E-state index contributed by atoms with van der Waals surface area (Å²) in [5.41, 5.74) is 4.21. The molecule has 6 rings (SSSR count). The molecule has 0 spiro atoms. The SMILES string of the molecule is Cc1ccc(S(=O)(=O)N[C@@]2(c3ccccc3)C=C(c3ccccc3)[C@@H](c3ccccc3)[C@H](c3ccccc3)[C@H]2C=O)cc1. The van der Waals surface area contributed by atoms with Crippen LogP contribution in [-0.2, 0) is 20.4 Å². The van der Waals surface area contributed by atoms with Gasteiger partial charge < -0.3 is 4.79 Å². The Morgan fingerprint density at radius 2 is 1.16 bits per heavy atom. The van der Waals surface area contributed by atoms with Crippen molar-refractivity contribution in [2.24, 2.45) is 5.92 Å². The number of hydrogen-bond acceptors (Lipinski definition) is 3. The Bertz CT molecular complexity index is 1820. The largest absolute Gasteiger partial charge is 0.303 e. The molecule has 0 saturated carbocycles. The molecule has 5 aromatic rings. The van der Waals surface area contributed by atoms with E-state index in [1.54, 1.807) is 24.3 Å². The van der Waals surface area contributed by atoms with E-state index >= 15 is 0 Å². The normalized spacial score (nSPS) is 22.0. The minimum atomic E-state index is -4.07. The molecule has 4 nitrogen and oxygen atoms in total. The molecule has 0 amide bonds. The average Bonchev–Trinajstić information content (AvgIpc) is 3.06. The van der Waals surface area contributed by atoms with Crippen molar-refractivity contribution in [2.75, 3.05) is 0 Å². The van der Waals surface area contributed by atoms with Crippen LogP contribution in [0.5, 0.6) is 0 Å². The van der Waals surface area contributed by atoms with Crippen LogP contribution in [0.15, 0.2) is 157 Å². The minimum absolute atomic E-state index is 0.147. The predicted octanol–water partition coefficient (Wildman–Crippen LogP) is 7.65. The van der Waals surface area contributed by atoms with Gasteiger partial charge in [0, 0.05) is 17.8 Å². The molecule has 0 fully saturated rings. The summed E-state index contributed by atoms with van der Waals surface area (Å²) in [6.45, 7) is 1.92. The fourth-order valence-corrected chi connectivity index (χ4v) is 7.84. The van der Waals surface area contributed by atoms with E-state index in [1.165, 1.54) is 0 Å². The van der Waals surface area contributed by atoms with E-state index in [0.717, 1.165) is 34.1 Å². The van der Waals surface area contributed by atoms with Crippen LogP contribution in [0.1, 0.15) is 39.7 Å². The highest BCUT2D eigenvalue weighted by atomic mass is 32.2. The van der Waals surface area contributed by atoms with Gasteiger partial charge in [-0.15, -0.1) is 0 Å². The molecule has 1 aliphatic rings. The first-order chi connectivity index (χ1) is 20.9. The highest BCUT2D eigenvalue weighted by Gasteiger charge is 2.53. The van der Waals surface area contributed by atoms with Crippen molar-refractivity contribution >= 4 is 21.9 Å². The number of sulfonamides is 1. The van der Waals surface area contributed by atoms with Crippen LogP contribution in [0, 0.1) is 12.8 Å². The Kier molecular flexibility index (Phi) is 7.94. The molecule has 0 aliphatic heterocycles. The molecule has 0 radical (unpaired) electrons. The van der Waals surface area contributed by atoms with Gasteiger partial charge >= 0.3 is 0 Å². The molecule has 0 aromatic heterocycles. The smallest absolute Gasteiger partial charge is 0.241 e. The lowest BCUT2D eigenvalue weighted by atomic mass is 9.58. The van der Waals surface area contributed by atoms with Crippen molar-refractivity contribution in [1.29, 1.82) is 0 Å². The molecule has 1 N–H and O–H groups in total. The zero-order valence-corrected chi connectivity index (χ0v) is 24.7. The molecule has 0 heterocycles. The van der Waals surface area contributed by atoms with Crippen molar-refractivity contribution in [1.82, 2.24) is 4.72 Å². The van der Waals surface area contributed by atoms with Crippen molar-refractivity contribution in [3.8, 4) is 0 Å². The zero-order chi connectivity index (χ0) is 29.9. The van der Waals surface area contributed by atoms with Crippen molar-refractivity contribution in [3.05, 3.63) is 179 Å². The summed E-state index contributed by atoms with van der Waals surface area (Å²) in [5.74, 6) is -1.39. The van der Waals surface area contributed by atoms with E-state index in [-0.39, 0.29) is 16.7 Å². The Morgan fingerprint density at radius 3 is 1.72 bits per heavy atom. The van der Waals surface area contributed by atoms with Gasteiger partial charge in [-0.1, -0.05) is 145 Å². The third-order valence-corrected chi connectivity index (χ3v) is 9.97. The zero-order valence-electron chi connectivity index (χ0n) is 23.9. The molecule has 0 unspecified atom stereocenters. The Morgan fingerprint density at radius 1 is 0.651 bits per heavy atom. The quantitative estimate of drug-likeness (QED) is 0.191. The topological polar surface area (TPSA) is 63.2 Å². The maximum atomic E-state index is 14.2. The number of aldehydes is 1. The molecular formula is C38H33NO3S. The van der Waals surface area contributed by atoms with Gasteiger partial charge in [0.2, 0.25) is 10.0 Å². The predicted molar refractivity (Wildman–Crippen MR) is 172 cm³/mol. The molecule has 214 valence electrons. The van der Waals surface area contributed by atoms with E-state index in [4.69, 9.17) is 0 Å². The van der Waals surface area contributed by atoms with Gasteiger partial charge in [0.15, 0.2) is 0 Å². The van der Waals surface area contributed by atoms with E-state index in [2.05, 4.69) is 29.0 Å². The number of allylic oxidation sites excluding steroid dienone is 1. The number of hydrogen-bond donors (Lipinski definition) is 1. The molecule has 1 aliphatic carbocycles. The van der Waals surface area contributed by atoms with Gasteiger partial charge in [-0.2, -0.15) is 4.72 Å². The second-order valence-electron chi connectivity index (χ2n) is 11.1. The fourth-order valence-electron chi connectivity index (χ4n) is 6.47. The fraction of sp³-hybridized carbons (Fsp3) is 0.132. The van der Waals surface area contributed by atoms with Crippen molar-refractivity contribution in [2.45, 2.75) is 29.2 Å². The lowest BCUT2D eigenvalue weighted by Crippen LogP contribution is -2.55. The molecule has 0 saturated heterocycles. The second kappa shape index (κ2) is 12.0. The van der Waals surface area contributed by atoms with Gasteiger partial charge in [-0.05, 0) is 46.9 Å². The number of aryl methyl sites for hydroxylation is 1. The molecule has 5 heteroatoms. The van der Waals surface area contributed by atoms with Gasteiger partial charge in [0.25, 0.3) is 0 Å². The number of nitrogens with one attached hydrogen (secondary N) is 1. The monoisotopic (exact) mass is 583 g/mol. The second-order valence-corrected chi connectivity index (χ2v) is 12.8. The van der Waals surface area contributed by atoms with Gasteiger partial charge in [0.1, 0.15) is 6.29 Å². The standard InChI is InChI=1S/C38H33NO3S/c1-28-22-24-33(25-23-28)43(41,42)39-38(32-20-12-5-13-21-32)26-34(29-14-6-2-7-15-29)36(30-16-8-3-9-17-30)37(35(38)27-40)31-18-10-4-11-19-31/h2-27,35-37,39H,1H3/t35-,36-,37-,38-/m1/s1. The first-order valence-corrected chi connectivity index (χ1v) is 15.9. The summed E-state index contributed by atoms with van der Waals surface area (Å²) < 4.78 is 31.6. The lowest BCUT2D eigenvalue weighted by molar-refractivity contribution is -0.113. The number of carbonyl (C=O) groups excluding carboxylic acids is 1. The summed E-state index contributed by atoms with van der Waals surface area (Å²) in [7, 11) is -4.07. The van der Waals surface area contributed by atoms with E-state index < -0.39 is 21.5 Å². The van der Waals surface area contributed by atoms with E-state index in [9.17, 15) is 13.2 Å². The van der Waals surface area contributed by atoms with Gasteiger partial charge in [-0.3, -0.25) is 0 Å². The molecule has 0 bridgehead atoms. The highest BCUT2D eigenvalue weighted by Crippen LogP contribution is 2.56. The summed E-state index contributed by atoms with van der Waals surface area (Å²) >= 11 is 0. The third kappa shape index (κ3) is 5.50. The lowest BCUT2D eigenvalue weighted by Gasteiger charge is -2.49. The number of carbonyl (C=O) groups is 1. The molecular weight excluding hydrogens is 550 g/mol. The summed E-state index contributed by atoms with van der Waals surface area (Å²) in [5, 5.41) is 0. The summed E-state index contributed by atoms with van der Waals surface area (Å²) in [6, 6.07) is 46.5. The first-order valence-electron chi connectivity index (χ1n) is 14.4. The number of benzene rings is 5. The van der Waals surface area contributed by atoms with Crippen LogP contribution >= 0.6 is 0 Å². The average molecular weight is 584 g/mol. The summed E-state index contributed by atoms with van der Waals surface area (Å²) in [4.78, 5) is 13.7. The van der Waals surface area contributed by atoms with Gasteiger partial charge in [0.05, 0.1) is 10.4 Å². The van der Waals surface area contributed by atoms with Crippen LogP contribution in [0.2, 0.25) is 0 Å². The van der Waals surface area contributed by atoms with Crippen molar-refractivity contribution < 1.29 is 13.2 Å². The maximum Gasteiger partial charge on any atom is 0.241 e. The highest BCUT2D eigenvalue weighted by molar-refractivity contribution is 7.89. The Hall–Kier alpha value is -4.58. The molecule has 43 heavy (non-hydrogen) atoms. The van der Waals surface area contributed by atoms with E-state index in [0.29, 0.717) is 5.56 Å². The molecule has 5 aromatic carbocycles. The minimum Gasteiger partial charge on any atom is -0.303 e. The van der Waals surface area contributed by atoms with Crippen LogP contribution in [0.4, 0.5) is 0 Å². The van der Waals surface area contributed by atoms with Crippen LogP contribution in [0.3, 0.4) is 0 Å².